The molecule has 3 heteroatoms. The molecular weight excluding hydrogens is 344 g/mol. The van der Waals surface area contributed by atoms with Crippen molar-refractivity contribution >= 4 is 27.8 Å². The molecule has 2 unspecified atom stereocenters. The number of rotatable bonds is 1. The van der Waals surface area contributed by atoms with Gasteiger partial charge in [-0.15, -0.1) is 0 Å². The van der Waals surface area contributed by atoms with Crippen LogP contribution in [-0.2, 0) is 11.0 Å². The zero-order valence-corrected chi connectivity index (χ0v) is 16.8. The Morgan fingerprint density at radius 2 is 1.79 bits per heavy atom. The molecule has 1 saturated heterocycles. The molecule has 2 aromatic heterocycles. The van der Waals surface area contributed by atoms with E-state index in [9.17, 15) is 0 Å². The molecule has 3 atom stereocenters. The number of nitrogens with zero attached hydrogens (tertiary/aromatic N) is 2. The van der Waals surface area contributed by atoms with E-state index in [1.165, 1.54) is 22.4 Å². The summed E-state index contributed by atoms with van der Waals surface area (Å²) in [4.78, 5) is 7.10. The Bertz CT molecular complexity index is 1270. The van der Waals surface area contributed by atoms with E-state index < -0.39 is 0 Å². The van der Waals surface area contributed by atoms with Crippen LogP contribution in [0.25, 0.3) is 22.1 Å². The molecule has 0 spiro atoms. The van der Waals surface area contributed by atoms with Gasteiger partial charge in [-0.25, -0.2) is 4.98 Å². The van der Waals surface area contributed by atoms with Crippen LogP contribution in [0.15, 0.2) is 59.1 Å². The van der Waals surface area contributed by atoms with Crippen LogP contribution in [0, 0.1) is 6.92 Å². The van der Waals surface area contributed by atoms with Gasteiger partial charge >= 0.3 is 0 Å². The first kappa shape index (κ1) is 16.2. The zero-order valence-electron chi connectivity index (χ0n) is 16.8. The summed E-state index contributed by atoms with van der Waals surface area (Å²) in [5, 5.41) is 2.24. The Hall–Kier alpha value is -2.81. The second-order valence-corrected chi connectivity index (χ2v) is 9.03. The molecule has 140 valence electrons. The fourth-order valence-electron chi connectivity index (χ4n) is 6.15. The maximum absolute atomic E-state index is 6.35. The van der Waals surface area contributed by atoms with Gasteiger partial charge in [-0.3, -0.25) is 0 Å². The lowest BCUT2D eigenvalue weighted by Gasteiger charge is -2.45. The third-order valence-electron chi connectivity index (χ3n) is 7.51. The lowest BCUT2D eigenvalue weighted by molar-refractivity contribution is 0.449. The van der Waals surface area contributed by atoms with Crippen LogP contribution in [0.1, 0.15) is 43.9 Å². The van der Waals surface area contributed by atoms with Gasteiger partial charge in [0.25, 0.3) is 0 Å². The highest BCUT2D eigenvalue weighted by atomic mass is 16.3. The Morgan fingerprint density at radius 1 is 1.00 bits per heavy atom. The van der Waals surface area contributed by atoms with Crippen molar-refractivity contribution in [3.05, 3.63) is 71.4 Å². The van der Waals surface area contributed by atoms with Gasteiger partial charge in [-0.05, 0) is 56.0 Å². The van der Waals surface area contributed by atoms with Crippen molar-refractivity contribution in [2.75, 3.05) is 4.90 Å². The van der Waals surface area contributed by atoms with Crippen LogP contribution < -0.4 is 4.90 Å². The lowest BCUT2D eigenvalue weighted by atomic mass is 9.78. The molecule has 2 aromatic carbocycles. The number of furan rings is 1. The van der Waals surface area contributed by atoms with Crippen molar-refractivity contribution in [1.29, 1.82) is 0 Å². The van der Waals surface area contributed by atoms with E-state index in [-0.39, 0.29) is 11.0 Å². The molecule has 28 heavy (non-hydrogen) atoms. The molecule has 1 aliphatic carbocycles. The van der Waals surface area contributed by atoms with Crippen molar-refractivity contribution < 1.29 is 4.42 Å². The number of hydrogen-bond donors (Lipinski definition) is 0. The fourth-order valence-corrected chi connectivity index (χ4v) is 6.15. The Balaban J connectivity index is 1.68. The van der Waals surface area contributed by atoms with Gasteiger partial charge in [0.2, 0.25) is 5.71 Å². The summed E-state index contributed by atoms with van der Waals surface area (Å²) in [6.45, 7) is 9.41. The van der Waals surface area contributed by atoms with Gasteiger partial charge in [-0.2, -0.15) is 0 Å². The van der Waals surface area contributed by atoms with E-state index >= 15 is 0 Å². The minimum atomic E-state index is -0.0315. The monoisotopic (exact) mass is 368 g/mol. The smallest absolute Gasteiger partial charge is 0.227 e. The Labute approximate surface area is 165 Å². The van der Waals surface area contributed by atoms with E-state index in [0.717, 1.165) is 28.5 Å². The van der Waals surface area contributed by atoms with Crippen LogP contribution in [0.4, 0.5) is 5.69 Å². The van der Waals surface area contributed by atoms with E-state index in [1.54, 1.807) is 6.20 Å². The third kappa shape index (κ3) is 1.69. The molecule has 6 rings (SSSR count). The minimum absolute atomic E-state index is 0.0315. The number of anilines is 1. The Kier molecular flexibility index (Phi) is 2.87. The largest absolute Gasteiger partial charge is 0.436 e. The van der Waals surface area contributed by atoms with Gasteiger partial charge in [-0.1, -0.05) is 43.3 Å². The lowest BCUT2D eigenvalue weighted by Crippen LogP contribution is -2.49. The summed E-state index contributed by atoms with van der Waals surface area (Å²) in [5.74, 6) is 0. The van der Waals surface area contributed by atoms with Gasteiger partial charge < -0.3 is 9.32 Å². The molecule has 2 aliphatic rings. The molecule has 0 amide bonds. The van der Waals surface area contributed by atoms with E-state index in [4.69, 9.17) is 4.42 Å². The Morgan fingerprint density at radius 3 is 2.61 bits per heavy atom. The molecule has 0 radical (unpaired) electrons. The van der Waals surface area contributed by atoms with E-state index in [1.807, 2.05) is 6.07 Å². The van der Waals surface area contributed by atoms with Crippen LogP contribution in [-0.4, -0.2) is 11.0 Å². The molecule has 0 N–H and O–H groups in total. The molecule has 1 aliphatic heterocycles. The summed E-state index contributed by atoms with van der Waals surface area (Å²) >= 11 is 0. The van der Waals surface area contributed by atoms with Crippen molar-refractivity contribution in [1.82, 2.24) is 4.98 Å². The highest BCUT2D eigenvalue weighted by molar-refractivity contribution is 6.08. The van der Waals surface area contributed by atoms with Crippen LogP contribution >= 0.6 is 0 Å². The number of hydrogen-bond acceptors (Lipinski definition) is 3. The minimum Gasteiger partial charge on any atom is -0.436 e. The second kappa shape index (κ2) is 4.96. The summed E-state index contributed by atoms with van der Waals surface area (Å²) in [7, 11) is 0. The topological polar surface area (TPSA) is 29.3 Å². The number of aryl methyl sites for hydroxylation is 1. The number of fused-ring (bicyclic) bond motifs is 8. The summed E-state index contributed by atoms with van der Waals surface area (Å²) in [6, 6.07) is 17.9. The summed E-state index contributed by atoms with van der Waals surface area (Å²) in [5.41, 5.74) is 7.25. The van der Waals surface area contributed by atoms with Gasteiger partial charge in [0.1, 0.15) is 0 Å². The van der Waals surface area contributed by atoms with Gasteiger partial charge in [0.05, 0.1) is 11.2 Å². The molecule has 3 nitrogen and oxygen atoms in total. The number of benzene rings is 2. The number of aromatic nitrogens is 1. The highest BCUT2D eigenvalue weighted by Gasteiger charge is 2.62. The number of pyridine rings is 1. The maximum Gasteiger partial charge on any atom is 0.227 e. The normalized spacial score (nSPS) is 28.4. The van der Waals surface area contributed by atoms with E-state index in [0.29, 0.717) is 6.04 Å². The average Bonchev–Trinajstić information content (AvgIpc) is 3.25. The molecule has 2 bridgehead atoms. The van der Waals surface area contributed by atoms with Crippen LogP contribution in [0.3, 0.4) is 0 Å². The van der Waals surface area contributed by atoms with Gasteiger partial charge in [0.15, 0.2) is 5.58 Å². The molecule has 0 saturated carbocycles. The first-order chi connectivity index (χ1) is 13.4. The molecule has 1 fully saturated rings. The quantitative estimate of drug-likeness (QED) is 0.408. The zero-order chi connectivity index (χ0) is 19.3. The van der Waals surface area contributed by atoms with E-state index in [2.05, 4.69) is 80.0 Å². The standard InChI is InChI=1S/C25H24N2O/c1-15-11-12-17-18-8-7-13-26-23(18)28-22(17)21(15)27-16(2)24(3)14-25(27,4)20-10-6-5-9-19(20)24/h5-13,16H,14H2,1-4H3/t16-,24?,25?/m0/s1. The van der Waals surface area contributed by atoms with Gasteiger partial charge in [0, 0.05) is 28.4 Å². The summed E-state index contributed by atoms with van der Waals surface area (Å²) in [6.07, 6.45) is 2.94. The fraction of sp³-hybridized carbons (Fsp3) is 0.320. The maximum atomic E-state index is 6.35. The highest BCUT2D eigenvalue weighted by Crippen LogP contribution is 2.62. The average molecular weight is 368 g/mol. The first-order valence-electron chi connectivity index (χ1n) is 10.1. The predicted molar refractivity (Wildman–Crippen MR) is 114 cm³/mol. The molecule has 4 aromatic rings. The van der Waals surface area contributed by atoms with Crippen molar-refractivity contribution in [2.24, 2.45) is 0 Å². The molecule has 3 heterocycles. The predicted octanol–water partition coefficient (Wildman–Crippen LogP) is 6.07. The first-order valence-corrected chi connectivity index (χ1v) is 10.1. The second-order valence-electron chi connectivity index (χ2n) is 9.03. The SMILES string of the molecule is Cc1ccc2c(oc3ncccc32)c1N1[C@@H](C)C2(C)CC1(C)c1ccccc12. The third-order valence-corrected chi connectivity index (χ3v) is 7.51. The van der Waals surface area contributed by atoms with Crippen molar-refractivity contribution in [3.8, 4) is 0 Å². The molecular formula is C25H24N2O. The summed E-state index contributed by atoms with van der Waals surface area (Å²) < 4.78 is 6.35. The van der Waals surface area contributed by atoms with Crippen molar-refractivity contribution in [2.45, 2.75) is 51.1 Å². The van der Waals surface area contributed by atoms with Crippen LogP contribution in [0.2, 0.25) is 0 Å². The van der Waals surface area contributed by atoms with Crippen LogP contribution in [0.5, 0.6) is 0 Å². The van der Waals surface area contributed by atoms with Crippen molar-refractivity contribution in [3.63, 3.8) is 0 Å².